The molecule has 2 fully saturated rings. The van der Waals surface area contributed by atoms with Crippen molar-refractivity contribution in [1.82, 2.24) is 0 Å². The summed E-state index contributed by atoms with van der Waals surface area (Å²) < 4.78 is 19.6. The van der Waals surface area contributed by atoms with Crippen molar-refractivity contribution < 1.29 is 9.13 Å². The maximum absolute atomic E-state index is 13.8. The van der Waals surface area contributed by atoms with Gasteiger partial charge in [-0.2, -0.15) is 0 Å². The summed E-state index contributed by atoms with van der Waals surface area (Å²) in [6, 6.07) is 5.23. The summed E-state index contributed by atoms with van der Waals surface area (Å²) in [6.07, 6.45) is 11.0. The molecule has 2 saturated carbocycles. The first-order valence-electron chi connectivity index (χ1n) is 9.50. The zero-order valence-corrected chi connectivity index (χ0v) is 14.7. The molecule has 2 aliphatic rings. The van der Waals surface area contributed by atoms with Gasteiger partial charge >= 0.3 is 0 Å². The van der Waals surface area contributed by atoms with E-state index in [4.69, 9.17) is 4.74 Å². The van der Waals surface area contributed by atoms with Crippen LogP contribution in [0.15, 0.2) is 18.2 Å². The Kier molecular flexibility index (Phi) is 5.61. The van der Waals surface area contributed by atoms with Gasteiger partial charge in [-0.25, -0.2) is 4.39 Å². The first-order valence-corrected chi connectivity index (χ1v) is 9.50. The fourth-order valence-corrected chi connectivity index (χ4v) is 4.51. The van der Waals surface area contributed by atoms with E-state index in [9.17, 15) is 4.39 Å². The highest BCUT2D eigenvalue weighted by molar-refractivity contribution is 5.28. The SMILES string of the molecule is Cc1ccc(OCC2CCC(C3CCC(C)CC3)CC2)c(F)c1. The molecule has 3 rings (SSSR count). The molecule has 0 spiro atoms. The van der Waals surface area contributed by atoms with Crippen molar-refractivity contribution in [3.63, 3.8) is 0 Å². The second-order valence-electron chi connectivity index (χ2n) is 8.05. The number of ether oxygens (including phenoxy) is 1. The van der Waals surface area contributed by atoms with Crippen molar-refractivity contribution >= 4 is 0 Å². The van der Waals surface area contributed by atoms with Crippen LogP contribution in [-0.2, 0) is 0 Å². The van der Waals surface area contributed by atoms with E-state index in [-0.39, 0.29) is 5.82 Å². The van der Waals surface area contributed by atoms with Crippen LogP contribution >= 0.6 is 0 Å². The Hall–Kier alpha value is -1.05. The van der Waals surface area contributed by atoms with Crippen molar-refractivity contribution in [2.24, 2.45) is 23.7 Å². The minimum Gasteiger partial charge on any atom is -0.490 e. The molecular weight excluding hydrogens is 287 g/mol. The highest BCUT2D eigenvalue weighted by Gasteiger charge is 2.30. The number of hydrogen-bond acceptors (Lipinski definition) is 1. The van der Waals surface area contributed by atoms with E-state index < -0.39 is 0 Å². The molecule has 0 amide bonds. The fraction of sp³-hybridized carbons (Fsp3) is 0.714. The van der Waals surface area contributed by atoms with Gasteiger partial charge in [0.1, 0.15) is 0 Å². The van der Waals surface area contributed by atoms with Crippen LogP contribution in [0.5, 0.6) is 5.75 Å². The largest absolute Gasteiger partial charge is 0.490 e. The Morgan fingerprint density at radius 2 is 1.57 bits per heavy atom. The van der Waals surface area contributed by atoms with Gasteiger partial charge in [-0.1, -0.05) is 25.8 Å². The van der Waals surface area contributed by atoms with Gasteiger partial charge in [0.25, 0.3) is 0 Å². The molecule has 1 aromatic rings. The molecule has 2 aliphatic carbocycles. The van der Waals surface area contributed by atoms with Crippen LogP contribution in [0.3, 0.4) is 0 Å². The Balaban J connectivity index is 1.42. The van der Waals surface area contributed by atoms with E-state index in [1.807, 2.05) is 13.0 Å². The van der Waals surface area contributed by atoms with Crippen LogP contribution in [0.2, 0.25) is 0 Å². The van der Waals surface area contributed by atoms with Crippen LogP contribution < -0.4 is 4.74 Å². The van der Waals surface area contributed by atoms with Gasteiger partial charge in [-0.15, -0.1) is 0 Å². The minimum atomic E-state index is -0.227. The Bertz CT molecular complexity index is 497. The number of aryl methyl sites for hydroxylation is 1. The molecule has 0 atom stereocenters. The smallest absolute Gasteiger partial charge is 0.165 e. The summed E-state index contributed by atoms with van der Waals surface area (Å²) in [4.78, 5) is 0. The second-order valence-corrected chi connectivity index (χ2v) is 8.05. The van der Waals surface area contributed by atoms with Crippen LogP contribution in [0.1, 0.15) is 63.9 Å². The molecule has 0 aliphatic heterocycles. The third kappa shape index (κ3) is 4.49. The van der Waals surface area contributed by atoms with E-state index in [1.54, 1.807) is 12.1 Å². The molecule has 1 nitrogen and oxygen atoms in total. The summed E-state index contributed by atoms with van der Waals surface area (Å²) in [5.41, 5.74) is 0.942. The molecule has 0 unspecified atom stereocenters. The monoisotopic (exact) mass is 318 g/mol. The van der Waals surface area contributed by atoms with E-state index in [2.05, 4.69) is 6.92 Å². The predicted molar refractivity (Wildman–Crippen MR) is 93.2 cm³/mol. The average molecular weight is 318 g/mol. The van der Waals surface area contributed by atoms with Crippen molar-refractivity contribution in [2.45, 2.75) is 65.2 Å². The number of rotatable bonds is 4. The highest BCUT2D eigenvalue weighted by atomic mass is 19.1. The third-order valence-corrected chi connectivity index (χ3v) is 6.18. The van der Waals surface area contributed by atoms with Gasteiger partial charge in [0.2, 0.25) is 0 Å². The Labute approximate surface area is 140 Å². The first kappa shape index (κ1) is 16.8. The number of halogens is 1. The Morgan fingerprint density at radius 3 is 2.17 bits per heavy atom. The van der Waals surface area contributed by atoms with E-state index >= 15 is 0 Å². The van der Waals surface area contributed by atoms with Crippen LogP contribution in [0.25, 0.3) is 0 Å². The molecular formula is C21H31FO. The van der Waals surface area contributed by atoms with Gasteiger partial charge in [0.15, 0.2) is 11.6 Å². The molecule has 0 N–H and O–H groups in total. The number of hydrogen-bond donors (Lipinski definition) is 0. The summed E-state index contributed by atoms with van der Waals surface area (Å²) >= 11 is 0. The van der Waals surface area contributed by atoms with Crippen LogP contribution in [0.4, 0.5) is 4.39 Å². The molecule has 0 heterocycles. The summed E-state index contributed by atoms with van der Waals surface area (Å²) in [5, 5.41) is 0. The lowest BCUT2D eigenvalue weighted by atomic mass is 9.69. The summed E-state index contributed by atoms with van der Waals surface area (Å²) in [5.74, 6) is 3.65. The zero-order chi connectivity index (χ0) is 16.2. The first-order chi connectivity index (χ1) is 11.1. The van der Waals surface area contributed by atoms with E-state index in [1.165, 1.54) is 51.4 Å². The molecule has 1 aromatic carbocycles. The van der Waals surface area contributed by atoms with Crippen molar-refractivity contribution in [2.75, 3.05) is 6.61 Å². The quantitative estimate of drug-likeness (QED) is 0.647. The van der Waals surface area contributed by atoms with Crippen molar-refractivity contribution in [3.05, 3.63) is 29.6 Å². The zero-order valence-electron chi connectivity index (χ0n) is 14.7. The topological polar surface area (TPSA) is 9.23 Å². The third-order valence-electron chi connectivity index (χ3n) is 6.18. The molecule has 0 saturated heterocycles. The molecule has 128 valence electrons. The molecule has 0 radical (unpaired) electrons. The molecule has 0 bridgehead atoms. The molecule has 23 heavy (non-hydrogen) atoms. The van der Waals surface area contributed by atoms with Crippen LogP contribution in [0, 0.1) is 36.4 Å². The lowest BCUT2D eigenvalue weighted by Gasteiger charge is -2.37. The normalized spacial score (nSPS) is 31.8. The second kappa shape index (κ2) is 7.68. The van der Waals surface area contributed by atoms with Crippen molar-refractivity contribution in [1.29, 1.82) is 0 Å². The van der Waals surface area contributed by atoms with E-state index in [0.29, 0.717) is 18.3 Å². The van der Waals surface area contributed by atoms with Gasteiger partial charge < -0.3 is 4.74 Å². The Morgan fingerprint density at radius 1 is 0.957 bits per heavy atom. The van der Waals surface area contributed by atoms with Crippen molar-refractivity contribution in [3.8, 4) is 5.75 Å². The van der Waals surface area contributed by atoms with Gasteiger partial charge in [-0.05, 0) is 86.8 Å². The molecule has 0 aromatic heterocycles. The maximum Gasteiger partial charge on any atom is 0.165 e. The lowest BCUT2D eigenvalue weighted by Crippen LogP contribution is -2.27. The average Bonchev–Trinajstić information content (AvgIpc) is 2.55. The fourth-order valence-electron chi connectivity index (χ4n) is 4.51. The van der Waals surface area contributed by atoms with Gasteiger partial charge in [-0.3, -0.25) is 0 Å². The summed E-state index contributed by atoms with van der Waals surface area (Å²) in [6.45, 7) is 4.98. The van der Waals surface area contributed by atoms with Gasteiger partial charge in [0.05, 0.1) is 6.61 Å². The van der Waals surface area contributed by atoms with E-state index in [0.717, 1.165) is 23.3 Å². The molecule has 2 heteroatoms. The maximum atomic E-state index is 13.8. The highest BCUT2D eigenvalue weighted by Crippen LogP contribution is 2.41. The van der Waals surface area contributed by atoms with Crippen LogP contribution in [-0.4, -0.2) is 6.61 Å². The van der Waals surface area contributed by atoms with Gasteiger partial charge in [0, 0.05) is 0 Å². The summed E-state index contributed by atoms with van der Waals surface area (Å²) in [7, 11) is 0. The standard InChI is InChI=1S/C21H31FO/c1-15-3-8-18(9-4-15)19-10-6-17(7-11-19)14-23-21-12-5-16(2)13-20(21)22/h5,12-13,15,17-19H,3-4,6-11,14H2,1-2H3. The lowest BCUT2D eigenvalue weighted by molar-refractivity contribution is 0.124. The predicted octanol–water partition coefficient (Wildman–Crippen LogP) is 6.15. The minimum absolute atomic E-state index is 0.227. The number of benzene rings is 1.